The average Bonchev–Trinajstić information content (AvgIpc) is 2.47. The van der Waals surface area contributed by atoms with E-state index in [1.165, 1.54) is 17.8 Å². The van der Waals surface area contributed by atoms with Gasteiger partial charge in [-0.1, -0.05) is 0 Å². The number of halogens is 1. The lowest BCUT2D eigenvalue weighted by atomic mass is 9.86. The number of hydrogen-bond acceptors (Lipinski definition) is 4. The molecule has 0 saturated heterocycles. The Hall–Kier alpha value is -1.88. The smallest absolute Gasteiger partial charge is 0.178 e. The van der Waals surface area contributed by atoms with Gasteiger partial charge < -0.3 is 5.73 Å². The SMILES string of the molecule is Cc1nc(-c2ccc(F)cn2)nc2c1CC(CN)CC2. The Morgan fingerprint density at radius 3 is 2.90 bits per heavy atom. The molecule has 1 unspecified atom stereocenters. The fourth-order valence-corrected chi connectivity index (χ4v) is 2.68. The zero-order chi connectivity index (χ0) is 14.1. The standard InChI is InChI=1S/C15H17FN4/c1-9-12-6-10(7-17)2-4-13(12)20-15(19-9)14-5-3-11(16)8-18-14/h3,5,8,10H,2,4,6-7,17H2,1H3. The summed E-state index contributed by atoms with van der Waals surface area (Å²) >= 11 is 0. The summed E-state index contributed by atoms with van der Waals surface area (Å²) in [5.74, 6) is 0.751. The maximum atomic E-state index is 12.9. The van der Waals surface area contributed by atoms with Crippen molar-refractivity contribution in [2.75, 3.05) is 6.54 Å². The number of aryl methyl sites for hydroxylation is 2. The van der Waals surface area contributed by atoms with Crippen LogP contribution in [0.1, 0.15) is 23.4 Å². The van der Waals surface area contributed by atoms with E-state index in [2.05, 4.69) is 15.0 Å². The number of nitrogens with two attached hydrogens (primary N) is 1. The van der Waals surface area contributed by atoms with Crippen LogP contribution in [0.25, 0.3) is 11.5 Å². The fourth-order valence-electron chi connectivity index (χ4n) is 2.68. The van der Waals surface area contributed by atoms with Gasteiger partial charge in [-0.25, -0.2) is 19.3 Å². The second kappa shape index (κ2) is 5.25. The van der Waals surface area contributed by atoms with Gasteiger partial charge in [0.15, 0.2) is 5.82 Å². The third-order valence-electron chi connectivity index (χ3n) is 3.87. The van der Waals surface area contributed by atoms with E-state index >= 15 is 0 Å². The van der Waals surface area contributed by atoms with Gasteiger partial charge in [0.05, 0.1) is 6.20 Å². The molecule has 0 bridgehead atoms. The maximum absolute atomic E-state index is 12.9. The van der Waals surface area contributed by atoms with E-state index in [9.17, 15) is 4.39 Å². The van der Waals surface area contributed by atoms with Crippen LogP contribution < -0.4 is 5.73 Å². The molecule has 3 rings (SSSR count). The summed E-state index contributed by atoms with van der Waals surface area (Å²) in [6.07, 6.45) is 4.14. The van der Waals surface area contributed by atoms with Crippen molar-refractivity contribution in [2.24, 2.45) is 11.7 Å². The molecule has 1 atom stereocenters. The summed E-state index contributed by atoms with van der Waals surface area (Å²) in [5, 5.41) is 0. The zero-order valence-corrected chi connectivity index (χ0v) is 11.4. The number of hydrogen-bond donors (Lipinski definition) is 1. The molecule has 20 heavy (non-hydrogen) atoms. The Balaban J connectivity index is 2.00. The number of fused-ring (bicyclic) bond motifs is 1. The molecule has 2 aromatic heterocycles. The van der Waals surface area contributed by atoms with Crippen molar-refractivity contribution in [3.05, 3.63) is 41.1 Å². The molecule has 0 saturated carbocycles. The zero-order valence-electron chi connectivity index (χ0n) is 11.4. The van der Waals surface area contributed by atoms with Crippen molar-refractivity contribution >= 4 is 0 Å². The number of aromatic nitrogens is 3. The van der Waals surface area contributed by atoms with Crippen LogP contribution in [0.3, 0.4) is 0 Å². The van der Waals surface area contributed by atoms with E-state index in [-0.39, 0.29) is 5.82 Å². The van der Waals surface area contributed by atoms with E-state index in [1.54, 1.807) is 6.07 Å². The van der Waals surface area contributed by atoms with Crippen molar-refractivity contribution in [3.8, 4) is 11.5 Å². The van der Waals surface area contributed by atoms with Crippen LogP contribution in [-0.2, 0) is 12.8 Å². The van der Waals surface area contributed by atoms with Crippen LogP contribution in [0.15, 0.2) is 18.3 Å². The highest BCUT2D eigenvalue weighted by Crippen LogP contribution is 2.27. The molecule has 0 fully saturated rings. The Morgan fingerprint density at radius 2 is 2.20 bits per heavy atom. The normalized spacial score (nSPS) is 17.9. The summed E-state index contributed by atoms with van der Waals surface area (Å²) in [5.41, 5.74) is 9.66. The fraction of sp³-hybridized carbons (Fsp3) is 0.400. The van der Waals surface area contributed by atoms with Gasteiger partial charge in [-0.05, 0) is 56.3 Å². The molecule has 4 nitrogen and oxygen atoms in total. The summed E-state index contributed by atoms with van der Waals surface area (Å²) in [4.78, 5) is 13.2. The molecule has 0 radical (unpaired) electrons. The second-order valence-electron chi connectivity index (χ2n) is 5.26. The van der Waals surface area contributed by atoms with Crippen molar-refractivity contribution in [2.45, 2.75) is 26.2 Å². The van der Waals surface area contributed by atoms with Gasteiger partial charge in [0.2, 0.25) is 0 Å². The highest BCUT2D eigenvalue weighted by atomic mass is 19.1. The molecule has 1 aliphatic rings. The van der Waals surface area contributed by atoms with Crippen LogP contribution in [0.2, 0.25) is 0 Å². The van der Waals surface area contributed by atoms with E-state index in [0.717, 1.165) is 30.7 Å². The van der Waals surface area contributed by atoms with Crippen molar-refractivity contribution < 1.29 is 4.39 Å². The van der Waals surface area contributed by atoms with Gasteiger partial charge in [0, 0.05) is 11.4 Å². The Labute approximate surface area is 117 Å². The number of rotatable bonds is 2. The molecule has 0 aliphatic heterocycles. The lowest BCUT2D eigenvalue weighted by molar-refractivity contribution is 0.460. The third-order valence-corrected chi connectivity index (χ3v) is 3.87. The summed E-state index contributed by atoms with van der Waals surface area (Å²) in [7, 11) is 0. The van der Waals surface area contributed by atoms with Crippen LogP contribution in [0.4, 0.5) is 4.39 Å². The van der Waals surface area contributed by atoms with Crippen LogP contribution in [0, 0.1) is 18.7 Å². The van der Waals surface area contributed by atoms with Crippen LogP contribution in [0.5, 0.6) is 0 Å². The lowest BCUT2D eigenvalue weighted by Crippen LogP contribution is -2.24. The van der Waals surface area contributed by atoms with Gasteiger partial charge in [-0.2, -0.15) is 0 Å². The highest BCUT2D eigenvalue weighted by molar-refractivity contribution is 5.50. The van der Waals surface area contributed by atoms with E-state index in [0.29, 0.717) is 24.0 Å². The Morgan fingerprint density at radius 1 is 1.35 bits per heavy atom. The summed E-state index contributed by atoms with van der Waals surface area (Å²) in [6.45, 7) is 2.70. The van der Waals surface area contributed by atoms with Gasteiger partial charge >= 0.3 is 0 Å². The number of nitrogens with zero attached hydrogens (tertiary/aromatic N) is 3. The van der Waals surface area contributed by atoms with Crippen molar-refractivity contribution in [3.63, 3.8) is 0 Å². The molecule has 0 amide bonds. The van der Waals surface area contributed by atoms with E-state index in [1.807, 2.05) is 6.92 Å². The molecule has 1 aliphatic carbocycles. The highest BCUT2D eigenvalue weighted by Gasteiger charge is 2.22. The first-order chi connectivity index (χ1) is 9.67. The van der Waals surface area contributed by atoms with Gasteiger partial charge in [0.25, 0.3) is 0 Å². The summed E-state index contributed by atoms with van der Waals surface area (Å²) in [6, 6.07) is 2.99. The van der Waals surface area contributed by atoms with Crippen LogP contribution in [-0.4, -0.2) is 21.5 Å². The predicted octanol–water partition coefficient (Wildman–Crippen LogP) is 2.05. The van der Waals surface area contributed by atoms with Crippen molar-refractivity contribution in [1.29, 1.82) is 0 Å². The number of pyridine rings is 1. The summed E-state index contributed by atoms with van der Waals surface area (Å²) < 4.78 is 12.9. The first-order valence-electron chi connectivity index (χ1n) is 6.85. The predicted molar refractivity (Wildman–Crippen MR) is 74.5 cm³/mol. The Kier molecular flexibility index (Phi) is 3.44. The topological polar surface area (TPSA) is 64.7 Å². The minimum Gasteiger partial charge on any atom is -0.330 e. The monoisotopic (exact) mass is 272 g/mol. The van der Waals surface area contributed by atoms with Gasteiger partial charge in [-0.3, -0.25) is 0 Å². The third kappa shape index (κ3) is 2.41. The van der Waals surface area contributed by atoms with Crippen molar-refractivity contribution in [1.82, 2.24) is 15.0 Å². The minimum atomic E-state index is -0.353. The average molecular weight is 272 g/mol. The molecule has 2 heterocycles. The molecule has 0 spiro atoms. The Bertz CT molecular complexity index is 625. The first kappa shape index (κ1) is 13.1. The lowest BCUT2D eigenvalue weighted by Gasteiger charge is -2.24. The molecule has 2 N–H and O–H groups in total. The molecular weight excluding hydrogens is 255 g/mol. The largest absolute Gasteiger partial charge is 0.330 e. The maximum Gasteiger partial charge on any atom is 0.178 e. The molecule has 5 heteroatoms. The molecule has 104 valence electrons. The minimum absolute atomic E-state index is 0.353. The van der Waals surface area contributed by atoms with Gasteiger partial charge in [-0.15, -0.1) is 0 Å². The molecule has 0 aromatic carbocycles. The molecule has 2 aromatic rings. The van der Waals surface area contributed by atoms with Gasteiger partial charge in [0.1, 0.15) is 11.5 Å². The van der Waals surface area contributed by atoms with Crippen LogP contribution >= 0.6 is 0 Å². The molecular formula is C15H17FN4. The quantitative estimate of drug-likeness (QED) is 0.908. The van der Waals surface area contributed by atoms with E-state index in [4.69, 9.17) is 5.73 Å². The van der Waals surface area contributed by atoms with E-state index < -0.39 is 0 Å². The first-order valence-corrected chi connectivity index (χ1v) is 6.85. The second-order valence-corrected chi connectivity index (χ2v) is 5.26.